The summed E-state index contributed by atoms with van der Waals surface area (Å²) in [5.41, 5.74) is 5.82. The van der Waals surface area contributed by atoms with E-state index in [-0.39, 0.29) is 6.04 Å². The summed E-state index contributed by atoms with van der Waals surface area (Å²) in [6.45, 7) is 2.04. The number of hydrazine groups is 1. The number of hydrogen-bond acceptors (Lipinski definition) is 3. The Balaban J connectivity index is 2.52. The van der Waals surface area contributed by atoms with Crippen LogP contribution in [0.15, 0.2) is 28.9 Å². The van der Waals surface area contributed by atoms with Crippen molar-refractivity contribution in [1.29, 1.82) is 0 Å². The maximum Gasteiger partial charge on any atom is 0.0904 e. The average molecular weight is 330 g/mol. The van der Waals surface area contributed by atoms with Crippen LogP contribution in [0.25, 0.3) is 0 Å². The Labute approximate surface area is 119 Å². The van der Waals surface area contributed by atoms with Crippen LogP contribution in [0.4, 0.5) is 0 Å². The van der Waals surface area contributed by atoms with Crippen molar-refractivity contribution < 1.29 is 0 Å². The van der Waals surface area contributed by atoms with Gasteiger partial charge in [0.15, 0.2) is 0 Å². The molecule has 1 aromatic carbocycles. The van der Waals surface area contributed by atoms with Gasteiger partial charge in [-0.15, -0.1) is 0 Å². The summed E-state index contributed by atoms with van der Waals surface area (Å²) in [5, 5.41) is 4.72. The smallest absolute Gasteiger partial charge is 0.0904 e. The van der Waals surface area contributed by atoms with Gasteiger partial charge in [-0.1, -0.05) is 39.7 Å². The van der Waals surface area contributed by atoms with Crippen molar-refractivity contribution in [3.63, 3.8) is 0 Å². The predicted molar refractivity (Wildman–Crippen MR) is 76.3 cm³/mol. The molecule has 0 amide bonds. The summed E-state index contributed by atoms with van der Waals surface area (Å²) in [4.78, 5) is 0. The molecule has 0 aliphatic carbocycles. The molecular weight excluding hydrogens is 316 g/mol. The van der Waals surface area contributed by atoms with E-state index >= 15 is 0 Å². The molecule has 3 N–H and O–H groups in total. The van der Waals surface area contributed by atoms with Crippen molar-refractivity contribution in [3.8, 4) is 0 Å². The highest BCUT2D eigenvalue weighted by Crippen LogP contribution is 2.32. The van der Waals surface area contributed by atoms with Crippen LogP contribution in [0.2, 0.25) is 5.02 Å². The molecule has 6 heteroatoms. The molecule has 1 heterocycles. The van der Waals surface area contributed by atoms with Gasteiger partial charge in [0.25, 0.3) is 0 Å². The molecule has 0 spiro atoms. The number of rotatable bonds is 3. The third kappa shape index (κ3) is 2.44. The molecule has 1 unspecified atom stereocenters. The fraction of sp³-hybridized carbons (Fsp3) is 0.250. The van der Waals surface area contributed by atoms with Crippen LogP contribution in [0, 0.1) is 6.92 Å². The highest BCUT2D eigenvalue weighted by molar-refractivity contribution is 9.10. The highest BCUT2D eigenvalue weighted by Gasteiger charge is 2.21. The average Bonchev–Trinajstić information content (AvgIpc) is 2.64. The molecule has 0 fully saturated rings. The number of hydrogen-bond donors (Lipinski definition) is 2. The first-order valence-electron chi connectivity index (χ1n) is 5.44. The molecule has 0 aliphatic rings. The Morgan fingerprint density at radius 2 is 2.22 bits per heavy atom. The van der Waals surface area contributed by atoms with E-state index in [1.54, 1.807) is 10.9 Å². The first-order chi connectivity index (χ1) is 8.54. The number of nitrogens with zero attached hydrogens (tertiary/aromatic N) is 2. The van der Waals surface area contributed by atoms with Crippen LogP contribution in [0.1, 0.15) is 22.9 Å². The molecule has 1 aromatic heterocycles. The number of aromatic nitrogens is 2. The minimum absolute atomic E-state index is 0.208. The molecular formula is C12H14BrClN4. The van der Waals surface area contributed by atoms with Crippen LogP contribution < -0.4 is 11.3 Å². The number of nitrogens with one attached hydrogen (secondary N) is 1. The van der Waals surface area contributed by atoms with Gasteiger partial charge < -0.3 is 0 Å². The second-order valence-corrected chi connectivity index (χ2v) is 5.39. The molecule has 2 aromatic rings. The molecule has 1 atom stereocenters. The zero-order valence-electron chi connectivity index (χ0n) is 10.1. The van der Waals surface area contributed by atoms with Crippen molar-refractivity contribution in [2.75, 3.05) is 0 Å². The summed E-state index contributed by atoms with van der Waals surface area (Å²) < 4.78 is 2.71. The van der Waals surface area contributed by atoms with E-state index in [0.29, 0.717) is 5.02 Å². The molecule has 0 saturated carbocycles. The first-order valence-corrected chi connectivity index (χ1v) is 6.61. The molecule has 0 radical (unpaired) electrons. The van der Waals surface area contributed by atoms with Crippen molar-refractivity contribution in [1.82, 2.24) is 15.2 Å². The molecule has 4 nitrogen and oxygen atoms in total. The zero-order valence-corrected chi connectivity index (χ0v) is 12.5. The van der Waals surface area contributed by atoms with Gasteiger partial charge >= 0.3 is 0 Å². The van der Waals surface area contributed by atoms with Gasteiger partial charge in [0.1, 0.15) is 0 Å². The largest absolute Gasteiger partial charge is 0.271 e. The lowest BCUT2D eigenvalue weighted by Crippen LogP contribution is -2.30. The maximum atomic E-state index is 6.16. The number of aryl methyl sites for hydroxylation is 2. The van der Waals surface area contributed by atoms with E-state index in [1.165, 1.54) is 5.56 Å². The van der Waals surface area contributed by atoms with E-state index in [2.05, 4.69) is 26.5 Å². The molecule has 0 aliphatic heterocycles. The predicted octanol–water partition coefficient (Wildman–Crippen LogP) is 2.70. The Morgan fingerprint density at radius 3 is 2.72 bits per heavy atom. The van der Waals surface area contributed by atoms with Crippen LogP contribution in [0.3, 0.4) is 0 Å². The summed E-state index contributed by atoms with van der Waals surface area (Å²) in [5.74, 6) is 5.67. The standard InChI is InChI=1S/C12H14BrClN4/c1-7-3-4-8(9(13)5-7)11(17-15)12-10(14)6-16-18(12)2/h3-6,11,17H,15H2,1-2H3. The Bertz CT molecular complexity index is 548. The number of halogens is 2. The van der Waals surface area contributed by atoms with Gasteiger partial charge in [-0.3, -0.25) is 10.5 Å². The van der Waals surface area contributed by atoms with Crippen molar-refractivity contribution in [3.05, 3.63) is 50.7 Å². The van der Waals surface area contributed by atoms with Crippen molar-refractivity contribution in [2.45, 2.75) is 13.0 Å². The highest BCUT2D eigenvalue weighted by atomic mass is 79.9. The van der Waals surface area contributed by atoms with Crippen LogP contribution in [-0.4, -0.2) is 9.78 Å². The second-order valence-electron chi connectivity index (χ2n) is 4.13. The van der Waals surface area contributed by atoms with Crippen LogP contribution in [0.5, 0.6) is 0 Å². The van der Waals surface area contributed by atoms with Crippen molar-refractivity contribution >= 4 is 27.5 Å². The fourth-order valence-electron chi connectivity index (χ4n) is 1.93. The van der Waals surface area contributed by atoms with Gasteiger partial charge in [-0.05, 0) is 24.1 Å². The van der Waals surface area contributed by atoms with Gasteiger partial charge in [-0.25, -0.2) is 5.43 Å². The van der Waals surface area contributed by atoms with E-state index < -0.39 is 0 Å². The normalized spacial score (nSPS) is 12.7. The number of benzene rings is 1. The molecule has 2 rings (SSSR count). The summed E-state index contributed by atoms with van der Waals surface area (Å²) in [6, 6.07) is 5.89. The van der Waals surface area contributed by atoms with E-state index in [0.717, 1.165) is 15.7 Å². The summed E-state index contributed by atoms with van der Waals surface area (Å²) in [6.07, 6.45) is 1.61. The molecule has 96 valence electrons. The lowest BCUT2D eigenvalue weighted by Gasteiger charge is -2.19. The lowest BCUT2D eigenvalue weighted by molar-refractivity contribution is 0.573. The van der Waals surface area contributed by atoms with Gasteiger partial charge in [0, 0.05) is 11.5 Å². The van der Waals surface area contributed by atoms with Gasteiger partial charge in [0.2, 0.25) is 0 Å². The van der Waals surface area contributed by atoms with Crippen molar-refractivity contribution in [2.24, 2.45) is 12.9 Å². The fourth-order valence-corrected chi connectivity index (χ4v) is 2.92. The first kappa shape index (κ1) is 13.5. The molecule has 0 bridgehead atoms. The van der Waals surface area contributed by atoms with E-state index in [4.69, 9.17) is 17.4 Å². The Hall–Kier alpha value is -0.880. The summed E-state index contributed by atoms with van der Waals surface area (Å²) in [7, 11) is 1.84. The van der Waals surface area contributed by atoms with Crippen LogP contribution in [-0.2, 0) is 7.05 Å². The van der Waals surface area contributed by atoms with Gasteiger partial charge in [-0.2, -0.15) is 5.10 Å². The van der Waals surface area contributed by atoms with Gasteiger partial charge in [0.05, 0.1) is 23.0 Å². The molecule has 0 saturated heterocycles. The maximum absolute atomic E-state index is 6.16. The third-order valence-electron chi connectivity index (χ3n) is 2.84. The quantitative estimate of drug-likeness (QED) is 0.672. The minimum Gasteiger partial charge on any atom is -0.271 e. The minimum atomic E-state index is -0.208. The zero-order chi connectivity index (χ0) is 13.3. The lowest BCUT2D eigenvalue weighted by atomic mass is 10.0. The monoisotopic (exact) mass is 328 g/mol. The van der Waals surface area contributed by atoms with E-state index in [9.17, 15) is 0 Å². The SMILES string of the molecule is Cc1ccc(C(NN)c2c(Cl)cnn2C)c(Br)c1. The topological polar surface area (TPSA) is 55.9 Å². The Morgan fingerprint density at radius 1 is 1.50 bits per heavy atom. The third-order valence-corrected chi connectivity index (χ3v) is 3.82. The number of nitrogens with two attached hydrogens (primary N) is 1. The van der Waals surface area contributed by atoms with E-state index in [1.807, 2.05) is 32.2 Å². The Kier molecular flexibility index (Phi) is 4.07. The molecule has 18 heavy (non-hydrogen) atoms. The second kappa shape index (κ2) is 5.40. The summed E-state index contributed by atoms with van der Waals surface area (Å²) >= 11 is 9.71. The van der Waals surface area contributed by atoms with Crippen LogP contribution >= 0.6 is 27.5 Å².